The van der Waals surface area contributed by atoms with Crippen LogP contribution in [0.15, 0.2) is 4.99 Å². The van der Waals surface area contributed by atoms with Crippen molar-refractivity contribution in [3.05, 3.63) is 0 Å². The van der Waals surface area contributed by atoms with E-state index in [0.717, 1.165) is 13.0 Å². The number of hydrogen-bond acceptors (Lipinski definition) is 5. The maximum atomic E-state index is 9.23. The maximum absolute atomic E-state index is 9.23. The molecule has 88 valence electrons. The van der Waals surface area contributed by atoms with Gasteiger partial charge in [0.25, 0.3) is 0 Å². The molecule has 0 aliphatic carbocycles. The van der Waals surface area contributed by atoms with Gasteiger partial charge in [-0.05, 0) is 12.6 Å². The molecule has 0 fully saturated rings. The molecule has 0 aromatic rings. The SMILES string of the molecule is COCC1(C)CC=NC([C@H](N)O)CNC1. The van der Waals surface area contributed by atoms with E-state index >= 15 is 0 Å². The van der Waals surface area contributed by atoms with Crippen molar-refractivity contribution in [2.24, 2.45) is 16.1 Å². The molecule has 2 unspecified atom stereocenters. The second-order valence-corrected chi connectivity index (χ2v) is 4.47. The lowest BCUT2D eigenvalue weighted by atomic mass is 9.87. The highest BCUT2D eigenvalue weighted by Gasteiger charge is 2.26. The van der Waals surface area contributed by atoms with Gasteiger partial charge in [0.2, 0.25) is 0 Å². The zero-order chi connectivity index (χ0) is 11.3. The van der Waals surface area contributed by atoms with E-state index in [1.165, 1.54) is 0 Å². The second kappa shape index (κ2) is 5.55. The molecule has 15 heavy (non-hydrogen) atoms. The van der Waals surface area contributed by atoms with Crippen LogP contribution in [0.25, 0.3) is 0 Å². The fraction of sp³-hybridized carbons (Fsp3) is 0.900. The van der Waals surface area contributed by atoms with Crippen LogP contribution in [0.4, 0.5) is 0 Å². The van der Waals surface area contributed by atoms with Gasteiger partial charge in [-0.15, -0.1) is 0 Å². The predicted molar refractivity (Wildman–Crippen MR) is 59.9 cm³/mol. The standard InChI is InChI=1S/C10H21N3O2/c1-10(7-15-2)3-4-13-8(9(11)14)5-12-6-10/h4,8-9,12,14H,3,5-7,11H2,1-2H3/t8?,9-,10?/m1/s1. The van der Waals surface area contributed by atoms with Gasteiger partial charge < -0.3 is 20.9 Å². The molecule has 0 amide bonds. The Morgan fingerprint density at radius 2 is 2.53 bits per heavy atom. The largest absolute Gasteiger partial charge is 0.384 e. The van der Waals surface area contributed by atoms with Crippen LogP contribution in [0.3, 0.4) is 0 Å². The van der Waals surface area contributed by atoms with Gasteiger partial charge in [-0.1, -0.05) is 6.92 Å². The zero-order valence-electron chi connectivity index (χ0n) is 9.44. The number of nitrogens with zero attached hydrogens (tertiary/aromatic N) is 1. The first kappa shape index (κ1) is 12.6. The van der Waals surface area contributed by atoms with Gasteiger partial charge in [0, 0.05) is 25.6 Å². The Labute approximate surface area is 90.7 Å². The number of nitrogens with one attached hydrogen (secondary N) is 1. The average Bonchev–Trinajstić information content (AvgIpc) is 2.12. The number of aliphatic hydroxyl groups is 1. The fourth-order valence-electron chi connectivity index (χ4n) is 1.72. The number of ether oxygens (including phenoxy) is 1. The normalized spacial score (nSPS) is 34.5. The van der Waals surface area contributed by atoms with Crippen molar-refractivity contribution in [3.63, 3.8) is 0 Å². The van der Waals surface area contributed by atoms with Gasteiger partial charge in [-0.2, -0.15) is 0 Å². The molecular formula is C10H21N3O2. The van der Waals surface area contributed by atoms with Crippen molar-refractivity contribution >= 4 is 6.21 Å². The lowest BCUT2D eigenvalue weighted by Gasteiger charge is -2.30. The number of nitrogens with two attached hydrogens (primary N) is 1. The number of rotatable bonds is 3. The minimum Gasteiger partial charge on any atom is -0.384 e. The summed E-state index contributed by atoms with van der Waals surface area (Å²) in [5.74, 6) is 0. The lowest BCUT2D eigenvalue weighted by molar-refractivity contribution is 0.0912. The summed E-state index contributed by atoms with van der Waals surface area (Å²) >= 11 is 0. The van der Waals surface area contributed by atoms with Crippen molar-refractivity contribution in [1.82, 2.24) is 5.32 Å². The molecular weight excluding hydrogens is 194 g/mol. The van der Waals surface area contributed by atoms with E-state index < -0.39 is 6.23 Å². The molecule has 0 saturated heterocycles. The first-order valence-corrected chi connectivity index (χ1v) is 5.22. The van der Waals surface area contributed by atoms with Gasteiger partial charge in [-0.25, -0.2) is 0 Å². The van der Waals surface area contributed by atoms with E-state index in [1.54, 1.807) is 7.11 Å². The summed E-state index contributed by atoms with van der Waals surface area (Å²) in [4.78, 5) is 4.24. The van der Waals surface area contributed by atoms with Crippen LogP contribution in [0.5, 0.6) is 0 Å². The molecule has 1 rings (SSSR count). The highest BCUT2D eigenvalue weighted by Crippen LogP contribution is 2.20. The third-order valence-corrected chi connectivity index (χ3v) is 2.67. The summed E-state index contributed by atoms with van der Waals surface area (Å²) in [6.07, 6.45) is 1.79. The topological polar surface area (TPSA) is 79.9 Å². The summed E-state index contributed by atoms with van der Waals surface area (Å²) in [6, 6.07) is -0.239. The Kier molecular flexibility index (Phi) is 4.66. The van der Waals surface area contributed by atoms with E-state index in [2.05, 4.69) is 17.2 Å². The van der Waals surface area contributed by atoms with Crippen LogP contribution < -0.4 is 11.1 Å². The van der Waals surface area contributed by atoms with Crippen LogP contribution in [0.2, 0.25) is 0 Å². The minimum atomic E-state index is -0.888. The zero-order valence-corrected chi connectivity index (χ0v) is 9.44. The second-order valence-electron chi connectivity index (χ2n) is 4.47. The predicted octanol–water partition coefficient (Wildman–Crippen LogP) is -0.651. The van der Waals surface area contributed by atoms with E-state index in [0.29, 0.717) is 13.2 Å². The Hall–Kier alpha value is -0.490. The van der Waals surface area contributed by atoms with E-state index in [-0.39, 0.29) is 11.5 Å². The summed E-state index contributed by atoms with van der Waals surface area (Å²) in [6.45, 7) is 4.29. The average molecular weight is 215 g/mol. The Balaban J connectivity index is 2.57. The molecule has 4 N–H and O–H groups in total. The Morgan fingerprint density at radius 3 is 3.13 bits per heavy atom. The first-order valence-electron chi connectivity index (χ1n) is 5.22. The van der Waals surface area contributed by atoms with Crippen LogP contribution in [-0.4, -0.2) is 50.4 Å². The van der Waals surface area contributed by atoms with Crippen molar-refractivity contribution < 1.29 is 9.84 Å². The number of aliphatic hydroxyl groups excluding tert-OH is 1. The van der Waals surface area contributed by atoms with Crippen molar-refractivity contribution in [1.29, 1.82) is 0 Å². The monoisotopic (exact) mass is 215 g/mol. The third-order valence-electron chi connectivity index (χ3n) is 2.67. The smallest absolute Gasteiger partial charge is 0.126 e. The highest BCUT2D eigenvalue weighted by molar-refractivity contribution is 5.59. The Bertz CT molecular complexity index is 221. The van der Waals surface area contributed by atoms with Crippen LogP contribution >= 0.6 is 0 Å². The van der Waals surface area contributed by atoms with Gasteiger partial charge in [-0.3, -0.25) is 4.99 Å². The quantitative estimate of drug-likeness (QED) is 0.547. The Morgan fingerprint density at radius 1 is 1.80 bits per heavy atom. The molecule has 3 atom stereocenters. The summed E-state index contributed by atoms with van der Waals surface area (Å²) in [5, 5.41) is 12.5. The van der Waals surface area contributed by atoms with Crippen LogP contribution in [-0.2, 0) is 4.74 Å². The van der Waals surface area contributed by atoms with E-state index in [1.807, 2.05) is 6.21 Å². The summed E-state index contributed by atoms with van der Waals surface area (Å²) in [5.41, 5.74) is 5.46. The third kappa shape index (κ3) is 3.87. The molecule has 0 bridgehead atoms. The molecule has 0 radical (unpaired) electrons. The minimum absolute atomic E-state index is 0.0722. The number of methoxy groups -OCH3 is 1. The van der Waals surface area contributed by atoms with E-state index in [4.69, 9.17) is 10.5 Å². The molecule has 5 heteroatoms. The molecule has 0 saturated carbocycles. The maximum Gasteiger partial charge on any atom is 0.126 e. The van der Waals surface area contributed by atoms with Gasteiger partial charge in [0.15, 0.2) is 0 Å². The lowest BCUT2D eigenvalue weighted by Crippen LogP contribution is -2.46. The van der Waals surface area contributed by atoms with E-state index in [9.17, 15) is 5.11 Å². The molecule has 1 aliphatic heterocycles. The van der Waals surface area contributed by atoms with Crippen molar-refractivity contribution in [2.75, 3.05) is 26.8 Å². The van der Waals surface area contributed by atoms with Gasteiger partial charge in [0.05, 0.1) is 6.61 Å². The summed E-state index contributed by atoms with van der Waals surface area (Å²) < 4.78 is 5.18. The fourth-order valence-corrected chi connectivity index (χ4v) is 1.72. The molecule has 0 aromatic heterocycles. The van der Waals surface area contributed by atoms with Crippen molar-refractivity contribution in [2.45, 2.75) is 25.6 Å². The molecule has 0 aromatic carbocycles. The highest BCUT2D eigenvalue weighted by atomic mass is 16.5. The summed E-state index contributed by atoms with van der Waals surface area (Å²) in [7, 11) is 1.70. The van der Waals surface area contributed by atoms with Crippen molar-refractivity contribution in [3.8, 4) is 0 Å². The van der Waals surface area contributed by atoms with Crippen LogP contribution in [0.1, 0.15) is 13.3 Å². The van der Waals surface area contributed by atoms with Gasteiger partial charge in [0.1, 0.15) is 12.3 Å². The molecule has 1 heterocycles. The molecule has 5 nitrogen and oxygen atoms in total. The number of aliphatic imine (C=N–C) groups is 1. The van der Waals surface area contributed by atoms with Gasteiger partial charge >= 0.3 is 0 Å². The first-order chi connectivity index (χ1) is 7.07. The van der Waals surface area contributed by atoms with Crippen LogP contribution in [0, 0.1) is 5.41 Å². The molecule has 0 spiro atoms. The molecule has 1 aliphatic rings. The number of hydrogen-bond donors (Lipinski definition) is 3.